The average molecular weight is 419 g/mol. The largest absolute Gasteiger partial charge is 0.381 e. The molecular weight excluding hydrogens is 364 g/mol. The fourth-order valence-corrected chi connectivity index (χ4v) is 7.38. The minimum atomic E-state index is 0.573. The summed E-state index contributed by atoms with van der Waals surface area (Å²) in [7, 11) is 1.87. The Morgan fingerprint density at radius 2 is 0.833 bits per heavy atom. The highest BCUT2D eigenvalue weighted by Gasteiger charge is 2.30. The van der Waals surface area contributed by atoms with Gasteiger partial charge in [-0.2, -0.15) is 0 Å². The van der Waals surface area contributed by atoms with Crippen molar-refractivity contribution in [2.45, 2.75) is 136 Å². The summed E-state index contributed by atoms with van der Waals surface area (Å²) in [6.45, 7) is 7.22. The minimum Gasteiger partial charge on any atom is -0.381 e. The first-order chi connectivity index (χ1) is 14.6. The Hall–Kier alpha value is -0.0400. The van der Waals surface area contributed by atoms with E-state index < -0.39 is 0 Å². The molecule has 0 aromatic rings. The van der Waals surface area contributed by atoms with Crippen LogP contribution in [0, 0.1) is 41.4 Å². The van der Waals surface area contributed by atoms with E-state index in [2.05, 4.69) is 20.8 Å². The van der Waals surface area contributed by atoms with Crippen molar-refractivity contribution in [3.63, 3.8) is 0 Å². The van der Waals surface area contributed by atoms with Crippen LogP contribution in [0.5, 0.6) is 0 Å². The number of methoxy groups -OCH3 is 1. The van der Waals surface area contributed by atoms with Gasteiger partial charge in [0.1, 0.15) is 0 Å². The summed E-state index contributed by atoms with van der Waals surface area (Å²) < 4.78 is 5.44. The summed E-state index contributed by atoms with van der Waals surface area (Å²) in [6, 6.07) is 0. The number of ether oxygens (including phenoxy) is 1. The lowest BCUT2D eigenvalue weighted by atomic mass is 9.69. The maximum absolute atomic E-state index is 5.44. The molecule has 4 saturated carbocycles. The fraction of sp³-hybridized carbons (Fsp3) is 1.00. The van der Waals surface area contributed by atoms with Gasteiger partial charge in [-0.25, -0.2) is 0 Å². The van der Waals surface area contributed by atoms with Crippen LogP contribution in [0.25, 0.3) is 0 Å². The van der Waals surface area contributed by atoms with E-state index in [-0.39, 0.29) is 0 Å². The monoisotopic (exact) mass is 418 g/mol. The third-order valence-corrected chi connectivity index (χ3v) is 9.98. The van der Waals surface area contributed by atoms with Crippen molar-refractivity contribution in [2.75, 3.05) is 7.11 Å². The van der Waals surface area contributed by atoms with Crippen LogP contribution in [0.2, 0.25) is 0 Å². The minimum absolute atomic E-state index is 0.573. The zero-order chi connectivity index (χ0) is 21.3. The Kier molecular flexibility index (Phi) is 10.5. The number of rotatable bonds is 4. The smallest absolute Gasteiger partial charge is 0.0571 e. The van der Waals surface area contributed by atoms with Gasteiger partial charge >= 0.3 is 0 Å². The van der Waals surface area contributed by atoms with Crippen molar-refractivity contribution in [3.8, 4) is 0 Å². The van der Waals surface area contributed by atoms with Crippen molar-refractivity contribution >= 4 is 0 Å². The summed E-state index contributed by atoms with van der Waals surface area (Å²) in [5, 5.41) is 0. The molecule has 0 radical (unpaired) electrons. The van der Waals surface area contributed by atoms with Gasteiger partial charge in [0.05, 0.1) is 6.10 Å². The summed E-state index contributed by atoms with van der Waals surface area (Å²) in [6.07, 6.45) is 25.7. The van der Waals surface area contributed by atoms with Crippen LogP contribution < -0.4 is 0 Å². The Balaban J connectivity index is 0.000000171. The molecule has 0 spiro atoms. The Morgan fingerprint density at radius 3 is 1.17 bits per heavy atom. The predicted molar refractivity (Wildman–Crippen MR) is 131 cm³/mol. The Morgan fingerprint density at radius 1 is 0.500 bits per heavy atom. The van der Waals surface area contributed by atoms with E-state index in [9.17, 15) is 0 Å². The predicted octanol–water partition coefficient (Wildman–Crippen LogP) is 9.05. The van der Waals surface area contributed by atoms with Gasteiger partial charge < -0.3 is 4.74 Å². The molecule has 0 aliphatic heterocycles. The highest BCUT2D eigenvalue weighted by molar-refractivity contribution is 4.82. The maximum atomic E-state index is 5.44. The molecule has 4 aliphatic carbocycles. The van der Waals surface area contributed by atoms with Gasteiger partial charge in [0.15, 0.2) is 0 Å². The summed E-state index contributed by atoms with van der Waals surface area (Å²) in [5.41, 5.74) is 0. The molecule has 30 heavy (non-hydrogen) atoms. The van der Waals surface area contributed by atoms with Crippen LogP contribution in [0.3, 0.4) is 0 Å². The van der Waals surface area contributed by atoms with Gasteiger partial charge in [-0.3, -0.25) is 0 Å². The molecule has 0 bridgehead atoms. The first-order valence-corrected chi connectivity index (χ1v) is 14.1. The molecule has 0 N–H and O–H groups in total. The zero-order valence-electron chi connectivity index (χ0n) is 21.0. The van der Waals surface area contributed by atoms with Crippen molar-refractivity contribution < 1.29 is 4.74 Å². The normalized spacial score (nSPS) is 42.8. The van der Waals surface area contributed by atoms with Crippen LogP contribution in [0.1, 0.15) is 130 Å². The lowest BCUT2D eigenvalue weighted by molar-refractivity contribution is 0.0399. The van der Waals surface area contributed by atoms with E-state index in [1.54, 1.807) is 25.7 Å². The lowest BCUT2D eigenvalue weighted by Gasteiger charge is -2.37. The van der Waals surface area contributed by atoms with Gasteiger partial charge in [-0.1, -0.05) is 65.7 Å². The quantitative estimate of drug-likeness (QED) is 0.442. The van der Waals surface area contributed by atoms with Gasteiger partial charge in [0.2, 0.25) is 0 Å². The number of hydrogen-bond donors (Lipinski definition) is 0. The number of hydrogen-bond acceptors (Lipinski definition) is 1. The van der Waals surface area contributed by atoms with E-state index >= 15 is 0 Å². The van der Waals surface area contributed by atoms with Gasteiger partial charge in [0.25, 0.3) is 0 Å². The summed E-state index contributed by atoms with van der Waals surface area (Å²) >= 11 is 0. The average Bonchev–Trinajstić information content (AvgIpc) is 2.81. The third-order valence-electron chi connectivity index (χ3n) is 9.98. The van der Waals surface area contributed by atoms with Crippen molar-refractivity contribution in [1.29, 1.82) is 0 Å². The van der Waals surface area contributed by atoms with Crippen LogP contribution >= 0.6 is 0 Å². The molecule has 176 valence electrons. The van der Waals surface area contributed by atoms with Gasteiger partial charge in [-0.05, 0) is 106 Å². The van der Waals surface area contributed by atoms with Gasteiger partial charge in [0, 0.05) is 7.11 Å². The second kappa shape index (κ2) is 12.9. The Labute approximate surface area is 189 Å². The highest BCUT2D eigenvalue weighted by Crippen LogP contribution is 2.42. The van der Waals surface area contributed by atoms with E-state index in [0.717, 1.165) is 41.4 Å². The first-order valence-electron chi connectivity index (χ1n) is 14.1. The molecule has 4 aliphatic rings. The van der Waals surface area contributed by atoms with Gasteiger partial charge in [-0.15, -0.1) is 0 Å². The Bertz CT molecular complexity index is 385. The molecule has 1 heteroatoms. The van der Waals surface area contributed by atoms with Crippen LogP contribution in [-0.2, 0) is 4.74 Å². The van der Waals surface area contributed by atoms with E-state index in [1.165, 1.54) is 83.5 Å². The molecule has 0 aromatic carbocycles. The van der Waals surface area contributed by atoms with E-state index in [0.29, 0.717) is 6.10 Å². The highest BCUT2D eigenvalue weighted by atomic mass is 16.5. The molecule has 0 saturated heterocycles. The molecule has 0 heterocycles. The molecular formula is C29H54O. The molecule has 1 nitrogen and oxygen atoms in total. The van der Waals surface area contributed by atoms with Crippen molar-refractivity contribution in [3.05, 3.63) is 0 Å². The molecule has 0 amide bonds. The first kappa shape index (κ1) is 24.6. The third kappa shape index (κ3) is 7.53. The summed E-state index contributed by atoms with van der Waals surface area (Å²) in [4.78, 5) is 0. The van der Waals surface area contributed by atoms with E-state index in [1.807, 2.05) is 7.11 Å². The topological polar surface area (TPSA) is 9.23 Å². The molecule has 4 rings (SSSR count). The van der Waals surface area contributed by atoms with E-state index in [4.69, 9.17) is 4.74 Å². The molecule has 0 atom stereocenters. The SMILES string of the molecule is CCC1CCC(C2CCC(C)CC2)CC1.COC1CCC(C2CCC(C)CC2)CC1. The van der Waals surface area contributed by atoms with Crippen LogP contribution in [-0.4, -0.2) is 13.2 Å². The second-order valence-corrected chi connectivity index (χ2v) is 12.0. The molecule has 0 aromatic heterocycles. The second-order valence-electron chi connectivity index (χ2n) is 12.0. The van der Waals surface area contributed by atoms with Crippen LogP contribution in [0.4, 0.5) is 0 Å². The van der Waals surface area contributed by atoms with Crippen LogP contribution in [0.15, 0.2) is 0 Å². The standard InChI is InChI=1S/C15H28.C14H26O/c1-3-13-6-10-15(11-7-13)14-8-4-12(2)5-9-14;1-11-3-5-12(6-4-11)13-7-9-14(15-2)10-8-13/h12-15H,3-11H2,1-2H3;11-14H,3-10H2,1-2H3. The molecule has 4 fully saturated rings. The summed E-state index contributed by atoms with van der Waals surface area (Å²) in [5.74, 6) is 7.40. The molecule has 0 unspecified atom stereocenters. The fourth-order valence-electron chi connectivity index (χ4n) is 7.38. The lowest BCUT2D eigenvalue weighted by Crippen LogP contribution is -2.27. The van der Waals surface area contributed by atoms with Crippen molar-refractivity contribution in [2.24, 2.45) is 41.4 Å². The maximum Gasteiger partial charge on any atom is 0.0571 e. The van der Waals surface area contributed by atoms with Crippen molar-refractivity contribution in [1.82, 2.24) is 0 Å². The zero-order valence-corrected chi connectivity index (χ0v) is 21.0.